The number of carbonyl (C=O) groups excluding carboxylic acids is 1. The Labute approximate surface area is 259 Å². The van der Waals surface area contributed by atoms with Gasteiger partial charge in [-0.1, -0.05) is 23.7 Å². The van der Waals surface area contributed by atoms with Crippen molar-refractivity contribution in [2.75, 3.05) is 19.8 Å². The Bertz CT molecular complexity index is 1440. The highest BCUT2D eigenvalue weighted by atomic mass is 35.5. The molecule has 0 amide bonds. The second kappa shape index (κ2) is 13.8. The number of halogens is 1. The number of benzene rings is 1. The molecule has 0 aliphatic carbocycles. The van der Waals surface area contributed by atoms with Gasteiger partial charge in [0.15, 0.2) is 11.9 Å². The highest BCUT2D eigenvalue weighted by molar-refractivity contribution is 6.30. The van der Waals surface area contributed by atoms with E-state index >= 15 is 0 Å². The Kier molecular flexibility index (Phi) is 9.81. The number of aliphatic carboxylic acids is 1. The van der Waals surface area contributed by atoms with Gasteiger partial charge in [-0.3, -0.25) is 9.78 Å². The molecule has 1 N–H and O–H groups in total. The Balaban J connectivity index is 1.21. The summed E-state index contributed by atoms with van der Waals surface area (Å²) in [6.45, 7) is 0.929. The zero-order valence-corrected chi connectivity index (χ0v) is 24.4. The summed E-state index contributed by atoms with van der Waals surface area (Å²) >= 11 is 6.01. The van der Waals surface area contributed by atoms with Crippen molar-refractivity contribution in [3.63, 3.8) is 0 Å². The molecule has 1 unspecified atom stereocenters. The number of ether oxygens (including phenoxy) is 5. The van der Waals surface area contributed by atoms with Crippen molar-refractivity contribution < 1.29 is 58.2 Å². The Morgan fingerprint density at radius 3 is 2.51 bits per heavy atom. The van der Waals surface area contributed by atoms with Crippen LogP contribution in [0.4, 0.5) is 4.79 Å². The van der Waals surface area contributed by atoms with E-state index in [-0.39, 0.29) is 38.4 Å². The van der Waals surface area contributed by atoms with Crippen LogP contribution >= 0.6 is 11.6 Å². The first kappa shape index (κ1) is 32.1. The molecule has 3 aliphatic rings. The van der Waals surface area contributed by atoms with Crippen LogP contribution in [0.25, 0.3) is 0 Å². The summed E-state index contributed by atoms with van der Waals surface area (Å²) < 4.78 is 28.7. The number of hydrogen-bond acceptors (Lipinski definition) is 14. The molecular weight excluding hydrogens is 626 g/mol. The van der Waals surface area contributed by atoms with Gasteiger partial charge in [0.25, 0.3) is 10.2 Å². The van der Waals surface area contributed by atoms with E-state index in [9.17, 15) is 34.9 Å². The number of rotatable bonds is 13. The average molecular weight is 654 g/mol. The van der Waals surface area contributed by atoms with Gasteiger partial charge in [0, 0.05) is 28.3 Å². The first-order chi connectivity index (χ1) is 21.5. The van der Waals surface area contributed by atoms with Crippen molar-refractivity contribution in [1.29, 1.82) is 0 Å². The summed E-state index contributed by atoms with van der Waals surface area (Å²) in [6.07, 6.45) is -4.05. The fourth-order valence-electron chi connectivity index (χ4n) is 5.82. The van der Waals surface area contributed by atoms with Crippen molar-refractivity contribution in [3.8, 4) is 5.75 Å². The van der Waals surface area contributed by atoms with E-state index < -0.39 is 71.3 Å². The average Bonchev–Trinajstić information content (AvgIpc) is 3.70. The molecule has 5 rings (SSSR count). The molecule has 0 radical (unpaired) electrons. The van der Waals surface area contributed by atoms with E-state index in [4.69, 9.17) is 35.3 Å². The number of carbonyl (C=O) groups is 2. The highest BCUT2D eigenvalue weighted by Gasteiger charge is 2.53. The second-order valence-electron chi connectivity index (χ2n) is 10.6. The van der Waals surface area contributed by atoms with Gasteiger partial charge in [0.1, 0.15) is 24.9 Å². The third kappa shape index (κ3) is 7.33. The lowest BCUT2D eigenvalue weighted by molar-refractivity contribution is -0.790. The number of aromatic nitrogens is 1. The lowest BCUT2D eigenvalue weighted by Gasteiger charge is -2.24. The minimum atomic E-state index is -1.37. The van der Waals surface area contributed by atoms with E-state index in [1.54, 1.807) is 25.3 Å². The Morgan fingerprint density at radius 1 is 1.09 bits per heavy atom. The monoisotopic (exact) mass is 653 g/mol. The summed E-state index contributed by atoms with van der Waals surface area (Å²) in [5.74, 6) is -2.86. The van der Waals surface area contributed by atoms with Gasteiger partial charge in [-0.05, 0) is 37.5 Å². The van der Waals surface area contributed by atoms with Crippen LogP contribution < -0.4 is 4.74 Å². The maximum atomic E-state index is 12.9. The molecule has 0 saturated carbocycles. The topological polar surface area (TPSA) is 218 Å². The predicted molar refractivity (Wildman–Crippen MR) is 146 cm³/mol. The summed E-state index contributed by atoms with van der Waals surface area (Å²) in [4.78, 5) is 59.3. The van der Waals surface area contributed by atoms with Crippen LogP contribution in [0, 0.1) is 39.0 Å². The van der Waals surface area contributed by atoms with Crippen LogP contribution in [0.1, 0.15) is 41.3 Å². The van der Waals surface area contributed by atoms with Crippen LogP contribution in [-0.4, -0.2) is 76.6 Å². The summed E-state index contributed by atoms with van der Waals surface area (Å²) in [6, 6.07) is 7.16. The van der Waals surface area contributed by atoms with E-state index in [1.165, 1.54) is 0 Å². The van der Waals surface area contributed by atoms with Crippen LogP contribution in [0.3, 0.4) is 0 Å². The quantitative estimate of drug-likeness (QED) is 0.186. The molecule has 2 saturated heterocycles. The van der Waals surface area contributed by atoms with Crippen LogP contribution in [0.2, 0.25) is 5.02 Å². The van der Waals surface area contributed by atoms with Gasteiger partial charge in [-0.25, -0.2) is 4.79 Å². The lowest BCUT2D eigenvalue weighted by Crippen LogP contribution is -2.37. The first-order valence-corrected chi connectivity index (χ1v) is 14.2. The van der Waals surface area contributed by atoms with Crippen molar-refractivity contribution in [2.24, 2.45) is 11.8 Å². The molecule has 242 valence electrons. The molecule has 17 nitrogen and oxygen atoms in total. The number of hydrogen-bond donors (Lipinski definition) is 1. The van der Waals surface area contributed by atoms with Gasteiger partial charge in [0.05, 0.1) is 37.5 Å². The molecule has 3 aliphatic heterocycles. The second-order valence-corrected chi connectivity index (χ2v) is 11.0. The fraction of sp³-hybridized carbons (Fsp3) is 0.519. The summed E-state index contributed by atoms with van der Waals surface area (Å²) in [5, 5.41) is 29.5. The standard InChI is InChI=1S/C27H28ClN3O14/c1-13-22(20-11-39-23(18(20)8-29-13)14-2-4-15(28)5-3-14)44-27(34)43-21-12-41-24-19(10-40-25(21)24)17(26(32)33)7-6-16(45-31(37)38)9-42-30(35)36/h2-5,8,16-17,19,21,23-25H,6-7,9-12H2,1H3,(H,32,33)/t16?,17-,19-,21+,23+,24-,25+/m1/s1. The third-order valence-electron chi connectivity index (χ3n) is 7.91. The van der Waals surface area contributed by atoms with Crippen LogP contribution in [-0.2, 0) is 40.0 Å². The lowest BCUT2D eigenvalue weighted by atomic mass is 9.84. The predicted octanol–water partition coefficient (Wildman–Crippen LogP) is 3.23. The molecule has 4 heterocycles. The van der Waals surface area contributed by atoms with Crippen molar-refractivity contribution in [3.05, 3.63) is 78.1 Å². The Hall–Kier alpha value is -4.32. The highest BCUT2D eigenvalue weighted by Crippen LogP contribution is 2.42. The molecule has 1 aromatic heterocycles. The molecule has 2 fully saturated rings. The van der Waals surface area contributed by atoms with Gasteiger partial charge in [-0.2, -0.15) is 0 Å². The van der Waals surface area contributed by atoms with Crippen molar-refractivity contribution in [2.45, 2.75) is 56.9 Å². The van der Waals surface area contributed by atoms with Crippen LogP contribution in [0.15, 0.2) is 30.5 Å². The first-order valence-electron chi connectivity index (χ1n) is 13.8. The van der Waals surface area contributed by atoms with E-state index in [0.717, 1.165) is 11.1 Å². The molecule has 45 heavy (non-hydrogen) atoms. The maximum Gasteiger partial charge on any atom is 0.514 e. The van der Waals surface area contributed by atoms with Crippen LogP contribution in [0.5, 0.6) is 5.75 Å². The molecule has 1 aromatic carbocycles. The molecule has 18 heteroatoms. The number of fused-ring (bicyclic) bond motifs is 2. The molecule has 0 bridgehead atoms. The third-order valence-corrected chi connectivity index (χ3v) is 8.16. The van der Waals surface area contributed by atoms with E-state index in [2.05, 4.69) is 14.7 Å². The van der Waals surface area contributed by atoms with Gasteiger partial charge >= 0.3 is 12.1 Å². The largest absolute Gasteiger partial charge is 0.514 e. The minimum Gasteiger partial charge on any atom is -0.481 e. The molecule has 0 spiro atoms. The fourth-order valence-corrected chi connectivity index (χ4v) is 5.95. The zero-order valence-electron chi connectivity index (χ0n) is 23.6. The summed E-state index contributed by atoms with van der Waals surface area (Å²) in [7, 11) is 0. The number of aryl methyl sites for hydroxylation is 1. The van der Waals surface area contributed by atoms with Crippen molar-refractivity contribution >= 4 is 23.7 Å². The van der Waals surface area contributed by atoms with E-state index in [0.29, 0.717) is 16.3 Å². The van der Waals surface area contributed by atoms with E-state index in [1.807, 2.05) is 12.1 Å². The number of carboxylic acids is 1. The summed E-state index contributed by atoms with van der Waals surface area (Å²) in [5.41, 5.74) is 2.66. The van der Waals surface area contributed by atoms with Crippen molar-refractivity contribution in [1.82, 2.24) is 4.98 Å². The van der Waals surface area contributed by atoms with Gasteiger partial charge < -0.3 is 38.5 Å². The van der Waals surface area contributed by atoms with Gasteiger partial charge in [0.2, 0.25) is 0 Å². The SMILES string of the molecule is Cc1ncc2c(c1OC(=O)O[C@H]1CO[C@@H]3[C@@H]([C@@H](CCC(CO[N+](=O)[O-])O[N+](=O)[O-])C(=O)O)CO[C@H]31)CO[C@H]2c1ccc(Cl)cc1. The minimum absolute atomic E-state index is 0.0635. The number of pyridine rings is 1. The molecular formula is C27H28ClN3O14. The Morgan fingerprint density at radius 2 is 1.82 bits per heavy atom. The normalized spacial score (nSPS) is 24.6. The number of nitrogens with zero attached hydrogens (tertiary/aromatic N) is 3. The number of carboxylic acid groups (broad SMARTS) is 1. The zero-order chi connectivity index (χ0) is 32.2. The maximum absolute atomic E-state index is 12.9. The molecule has 2 aromatic rings. The smallest absolute Gasteiger partial charge is 0.481 e. The van der Waals surface area contributed by atoms with Gasteiger partial charge in [-0.15, -0.1) is 20.2 Å². The molecule has 7 atom stereocenters.